The molecule has 1 fully saturated rings. The summed E-state index contributed by atoms with van der Waals surface area (Å²) in [5, 5.41) is 4.00. The first-order valence-corrected chi connectivity index (χ1v) is 7.61. The van der Waals surface area contributed by atoms with Crippen LogP contribution in [0.4, 0.5) is 0 Å². The first-order valence-electron chi connectivity index (χ1n) is 7.61. The summed E-state index contributed by atoms with van der Waals surface area (Å²) in [7, 11) is 0. The van der Waals surface area contributed by atoms with E-state index in [9.17, 15) is 9.59 Å². The number of fused-ring (bicyclic) bond motifs is 1. The molecule has 0 radical (unpaired) electrons. The molecule has 0 saturated carbocycles. The van der Waals surface area contributed by atoms with E-state index in [4.69, 9.17) is 4.42 Å². The van der Waals surface area contributed by atoms with Crippen molar-refractivity contribution in [2.24, 2.45) is 0 Å². The molecular formula is C17H20N2O3. The summed E-state index contributed by atoms with van der Waals surface area (Å²) >= 11 is 0. The number of nitrogens with zero attached hydrogens (tertiary/aromatic N) is 1. The van der Waals surface area contributed by atoms with E-state index in [1.165, 1.54) is 0 Å². The van der Waals surface area contributed by atoms with Gasteiger partial charge in [-0.15, -0.1) is 0 Å². The number of piperidine rings is 1. The Kier molecular flexibility index (Phi) is 3.88. The van der Waals surface area contributed by atoms with Crippen LogP contribution in [0.3, 0.4) is 0 Å². The normalized spacial score (nSPS) is 16.0. The number of likely N-dealkylation sites (tertiary alicyclic amines) is 1. The van der Waals surface area contributed by atoms with Gasteiger partial charge >= 0.3 is 0 Å². The molecule has 0 bridgehead atoms. The minimum Gasteiger partial charge on any atom is -0.451 e. The van der Waals surface area contributed by atoms with Crippen LogP contribution in [0.1, 0.15) is 35.9 Å². The topological polar surface area (TPSA) is 62.6 Å². The molecule has 0 aliphatic carbocycles. The van der Waals surface area contributed by atoms with E-state index in [1.54, 1.807) is 6.92 Å². The zero-order valence-electron chi connectivity index (χ0n) is 12.9. The van der Waals surface area contributed by atoms with Crippen molar-refractivity contribution >= 4 is 22.8 Å². The Morgan fingerprint density at radius 2 is 1.91 bits per heavy atom. The maximum Gasteiger partial charge on any atom is 0.287 e. The molecule has 1 aliphatic heterocycles. The van der Waals surface area contributed by atoms with Crippen LogP contribution < -0.4 is 5.32 Å². The van der Waals surface area contributed by atoms with Crippen molar-refractivity contribution < 1.29 is 14.0 Å². The van der Waals surface area contributed by atoms with Gasteiger partial charge in [-0.3, -0.25) is 9.59 Å². The standard InChI is InChI=1S/C17H20N2O3/c1-11-14-5-3-4-6-15(14)22-16(11)17(21)18-13-7-9-19(10-8-13)12(2)20/h3-6,13H,7-10H2,1-2H3,(H,18,21). The van der Waals surface area contributed by atoms with Crippen LogP contribution >= 0.6 is 0 Å². The highest BCUT2D eigenvalue weighted by Crippen LogP contribution is 2.25. The van der Waals surface area contributed by atoms with Crippen LogP contribution in [-0.2, 0) is 4.79 Å². The molecule has 2 aromatic rings. The van der Waals surface area contributed by atoms with Gasteiger partial charge < -0.3 is 14.6 Å². The van der Waals surface area contributed by atoms with E-state index in [1.807, 2.05) is 36.1 Å². The van der Waals surface area contributed by atoms with Crippen LogP contribution in [0.15, 0.2) is 28.7 Å². The number of rotatable bonds is 2. The maximum absolute atomic E-state index is 12.4. The average molecular weight is 300 g/mol. The van der Waals surface area contributed by atoms with Crippen LogP contribution in [0.25, 0.3) is 11.0 Å². The van der Waals surface area contributed by atoms with Gasteiger partial charge in [-0.1, -0.05) is 18.2 Å². The largest absolute Gasteiger partial charge is 0.451 e. The van der Waals surface area contributed by atoms with Crippen LogP contribution in [0.5, 0.6) is 0 Å². The first kappa shape index (κ1) is 14.6. The molecule has 0 spiro atoms. The summed E-state index contributed by atoms with van der Waals surface area (Å²) in [5.41, 5.74) is 1.60. The summed E-state index contributed by atoms with van der Waals surface area (Å²) in [4.78, 5) is 25.6. The third-order valence-corrected chi connectivity index (χ3v) is 4.33. The predicted molar refractivity (Wildman–Crippen MR) is 83.7 cm³/mol. The van der Waals surface area contributed by atoms with Crippen molar-refractivity contribution in [3.8, 4) is 0 Å². The molecule has 5 heteroatoms. The van der Waals surface area contributed by atoms with E-state index in [2.05, 4.69) is 5.32 Å². The number of carbonyl (C=O) groups is 2. The molecule has 5 nitrogen and oxygen atoms in total. The van der Waals surface area contributed by atoms with Gasteiger partial charge in [0.05, 0.1) is 0 Å². The Balaban J connectivity index is 1.69. The lowest BCUT2D eigenvalue weighted by molar-refractivity contribution is -0.129. The first-order chi connectivity index (χ1) is 10.6. The number of furan rings is 1. The summed E-state index contributed by atoms with van der Waals surface area (Å²) in [6.45, 7) is 4.87. The molecule has 22 heavy (non-hydrogen) atoms. The van der Waals surface area contributed by atoms with Crippen molar-refractivity contribution in [3.05, 3.63) is 35.6 Å². The number of benzene rings is 1. The maximum atomic E-state index is 12.4. The number of nitrogens with one attached hydrogen (secondary N) is 1. The Morgan fingerprint density at radius 1 is 1.23 bits per heavy atom. The van der Waals surface area contributed by atoms with Crippen molar-refractivity contribution in [1.82, 2.24) is 10.2 Å². The smallest absolute Gasteiger partial charge is 0.287 e. The summed E-state index contributed by atoms with van der Waals surface area (Å²) in [6.07, 6.45) is 1.56. The van der Waals surface area contributed by atoms with E-state index >= 15 is 0 Å². The Bertz CT molecular complexity index is 712. The van der Waals surface area contributed by atoms with Gasteiger partial charge in [-0.05, 0) is 25.8 Å². The van der Waals surface area contributed by atoms with E-state index < -0.39 is 0 Å². The van der Waals surface area contributed by atoms with E-state index in [0.717, 1.165) is 29.4 Å². The third-order valence-electron chi connectivity index (χ3n) is 4.33. The van der Waals surface area contributed by atoms with Gasteiger partial charge in [-0.25, -0.2) is 0 Å². The number of hydrogen-bond acceptors (Lipinski definition) is 3. The second-order valence-corrected chi connectivity index (χ2v) is 5.81. The van der Waals surface area contributed by atoms with Gasteiger partial charge in [0.1, 0.15) is 5.58 Å². The lowest BCUT2D eigenvalue weighted by Gasteiger charge is -2.31. The third kappa shape index (κ3) is 2.71. The zero-order valence-corrected chi connectivity index (χ0v) is 12.9. The van der Waals surface area contributed by atoms with Crippen molar-refractivity contribution in [1.29, 1.82) is 0 Å². The monoisotopic (exact) mass is 300 g/mol. The minimum atomic E-state index is -0.171. The molecule has 1 N–H and O–H groups in total. The molecule has 116 valence electrons. The highest BCUT2D eigenvalue weighted by atomic mass is 16.3. The average Bonchev–Trinajstić information content (AvgIpc) is 2.85. The summed E-state index contributed by atoms with van der Waals surface area (Å²) in [5.74, 6) is 0.308. The van der Waals surface area contributed by atoms with E-state index in [-0.39, 0.29) is 17.9 Å². The van der Waals surface area contributed by atoms with Gasteiger partial charge in [0.15, 0.2) is 5.76 Å². The van der Waals surface area contributed by atoms with Gasteiger partial charge in [0.25, 0.3) is 5.91 Å². The number of carbonyl (C=O) groups excluding carboxylic acids is 2. The Hall–Kier alpha value is -2.30. The zero-order chi connectivity index (χ0) is 15.7. The number of hydrogen-bond donors (Lipinski definition) is 1. The van der Waals surface area contributed by atoms with Crippen LogP contribution in [-0.4, -0.2) is 35.8 Å². The lowest BCUT2D eigenvalue weighted by atomic mass is 10.0. The van der Waals surface area contributed by atoms with Gasteiger partial charge in [0.2, 0.25) is 5.91 Å². The van der Waals surface area contributed by atoms with E-state index in [0.29, 0.717) is 18.8 Å². The van der Waals surface area contributed by atoms with Crippen LogP contribution in [0.2, 0.25) is 0 Å². The SMILES string of the molecule is CC(=O)N1CCC(NC(=O)c2oc3ccccc3c2C)CC1. The quantitative estimate of drug-likeness (QED) is 0.927. The number of aryl methyl sites for hydroxylation is 1. The fourth-order valence-electron chi connectivity index (χ4n) is 2.98. The minimum absolute atomic E-state index is 0.0933. The number of para-hydroxylation sites is 1. The number of amides is 2. The molecular weight excluding hydrogens is 280 g/mol. The molecule has 1 aromatic carbocycles. The highest BCUT2D eigenvalue weighted by molar-refractivity contribution is 5.99. The van der Waals surface area contributed by atoms with Crippen molar-refractivity contribution in [2.75, 3.05) is 13.1 Å². The van der Waals surface area contributed by atoms with Crippen molar-refractivity contribution in [3.63, 3.8) is 0 Å². The Morgan fingerprint density at radius 3 is 2.55 bits per heavy atom. The molecule has 0 atom stereocenters. The highest BCUT2D eigenvalue weighted by Gasteiger charge is 2.24. The molecule has 1 saturated heterocycles. The molecule has 1 aliphatic rings. The second kappa shape index (κ2) is 5.83. The molecule has 2 amide bonds. The van der Waals surface area contributed by atoms with Gasteiger partial charge in [-0.2, -0.15) is 0 Å². The predicted octanol–water partition coefficient (Wildman–Crippen LogP) is 2.48. The second-order valence-electron chi connectivity index (χ2n) is 5.81. The fourth-order valence-corrected chi connectivity index (χ4v) is 2.98. The molecule has 0 unspecified atom stereocenters. The summed E-state index contributed by atoms with van der Waals surface area (Å²) in [6, 6.07) is 7.74. The lowest BCUT2D eigenvalue weighted by Crippen LogP contribution is -2.46. The van der Waals surface area contributed by atoms with Crippen molar-refractivity contribution in [2.45, 2.75) is 32.7 Å². The molecule has 2 heterocycles. The Labute approximate surface area is 129 Å². The summed E-state index contributed by atoms with van der Waals surface area (Å²) < 4.78 is 5.68. The molecule has 3 rings (SSSR count). The van der Waals surface area contributed by atoms with Gasteiger partial charge in [0, 0.05) is 37.0 Å². The van der Waals surface area contributed by atoms with Crippen LogP contribution in [0, 0.1) is 6.92 Å². The fraction of sp³-hybridized carbons (Fsp3) is 0.412. The molecule has 1 aromatic heterocycles.